The average Bonchev–Trinajstić information content (AvgIpc) is 2.31. The minimum absolute atomic E-state index is 0.0465. The maximum absolute atomic E-state index is 12.0. The van der Waals surface area contributed by atoms with Crippen molar-refractivity contribution in [1.29, 1.82) is 0 Å². The summed E-state index contributed by atoms with van der Waals surface area (Å²) in [7, 11) is -3.08. The highest BCUT2D eigenvalue weighted by Crippen LogP contribution is 2.21. The van der Waals surface area contributed by atoms with Gasteiger partial charge < -0.3 is 10.4 Å². The Morgan fingerprint density at radius 1 is 1.42 bits per heavy atom. The number of amides is 1. The van der Waals surface area contributed by atoms with Crippen LogP contribution in [0.2, 0.25) is 5.02 Å². The molecule has 0 aliphatic carbocycles. The fraction of sp³-hybridized carbons (Fsp3) is 0.417. The van der Waals surface area contributed by atoms with Crippen LogP contribution in [0.1, 0.15) is 23.2 Å². The first kappa shape index (κ1) is 14.1. The van der Waals surface area contributed by atoms with Crippen molar-refractivity contribution >= 4 is 27.3 Å². The third kappa shape index (κ3) is 3.61. The quantitative estimate of drug-likeness (QED) is 0.864. The van der Waals surface area contributed by atoms with Crippen molar-refractivity contribution in [3.63, 3.8) is 0 Å². The molecular weight excluding hydrogens is 290 g/mol. The second-order valence-electron chi connectivity index (χ2n) is 4.59. The molecular formula is C12H14ClNO4S. The standard InChI is InChI=1S/C12H14ClNO4S/c13-11-4-3-9(15)6-10(11)12(16)14-8-2-1-5-19(17,18)7-8/h3-4,6,8,15H,1-2,5,7H2,(H,14,16). The second kappa shape index (κ2) is 5.38. The van der Waals surface area contributed by atoms with Gasteiger partial charge in [0.15, 0.2) is 9.84 Å². The molecule has 2 N–H and O–H groups in total. The van der Waals surface area contributed by atoms with E-state index in [1.807, 2.05) is 0 Å². The van der Waals surface area contributed by atoms with Gasteiger partial charge in [0, 0.05) is 6.04 Å². The van der Waals surface area contributed by atoms with E-state index in [9.17, 15) is 18.3 Å². The van der Waals surface area contributed by atoms with Gasteiger partial charge in [0.1, 0.15) is 5.75 Å². The zero-order valence-electron chi connectivity index (χ0n) is 10.1. The lowest BCUT2D eigenvalue weighted by atomic mass is 10.1. The van der Waals surface area contributed by atoms with Gasteiger partial charge in [0.05, 0.1) is 22.1 Å². The average molecular weight is 304 g/mol. The Labute approximate surface area is 116 Å². The summed E-state index contributed by atoms with van der Waals surface area (Å²) in [6.45, 7) is 0. The number of hydrogen-bond donors (Lipinski definition) is 2. The van der Waals surface area contributed by atoms with Crippen molar-refractivity contribution in [3.05, 3.63) is 28.8 Å². The maximum atomic E-state index is 12.0. The van der Waals surface area contributed by atoms with Gasteiger partial charge in [0.25, 0.3) is 5.91 Å². The molecule has 1 unspecified atom stereocenters. The highest BCUT2D eigenvalue weighted by atomic mass is 35.5. The van der Waals surface area contributed by atoms with Crippen molar-refractivity contribution in [2.45, 2.75) is 18.9 Å². The van der Waals surface area contributed by atoms with Gasteiger partial charge in [-0.1, -0.05) is 11.6 Å². The predicted octanol–water partition coefficient (Wildman–Crippen LogP) is 1.35. The topological polar surface area (TPSA) is 83.5 Å². The van der Waals surface area contributed by atoms with Crippen molar-refractivity contribution in [2.24, 2.45) is 0 Å². The van der Waals surface area contributed by atoms with E-state index in [0.717, 1.165) is 0 Å². The third-order valence-corrected chi connectivity index (χ3v) is 5.14. The van der Waals surface area contributed by atoms with Crippen LogP contribution >= 0.6 is 11.6 Å². The van der Waals surface area contributed by atoms with Crippen LogP contribution in [-0.2, 0) is 9.84 Å². The molecule has 104 valence electrons. The highest BCUT2D eigenvalue weighted by Gasteiger charge is 2.26. The highest BCUT2D eigenvalue weighted by molar-refractivity contribution is 7.91. The summed E-state index contributed by atoms with van der Waals surface area (Å²) >= 11 is 5.87. The van der Waals surface area contributed by atoms with E-state index in [-0.39, 0.29) is 27.8 Å². The number of rotatable bonds is 2. The Hall–Kier alpha value is -1.27. The molecule has 1 saturated heterocycles. The van der Waals surface area contributed by atoms with Crippen LogP contribution < -0.4 is 5.32 Å². The van der Waals surface area contributed by atoms with Gasteiger partial charge in [-0.05, 0) is 31.0 Å². The van der Waals surface area contributed by atoms with Crippen LogP contribution in [0, 0.1) is 0 Å². The zero-order valence-corrected chi connectivity index (χ0v) is 11.7. The van der Waals surface area contributed by atoms with Crippen molar-refractivity contribution in [3.8, 4) is 5.75 Å². The summed E-state index contributed by atoms with van der Waals surface area (Å²) in [6.07, 6.45) is 1.17. The van der Waals surface area contributed by atoms with Crippen LogP contribution in [0.5, 0.6) is 5.75 Å². The first-order valence-corrected chi connectivity index (χ1v) is 8.07. The van der Waals surface area contributed by atoms with E-state index >= 15 is 0 Å². The number of halogens is 1. The summed E-state index contributed by atoms with van der Waals surface area (Å²) in [4.78, 5) is 12.0. The van der Waals surface area contributed by atoms with E-state index in [0.29, 0.717) is 12.8 Å². The SMILES string of the molecule is O=C(NC1CCCS(=O)(=O)C1)c1cc(O)ccc1Cl. The lowest BCUT2D eigenvalue weighted by Gasteiger charge is -2.23. The number of nitrogens with one attached hydrogen (secondary N) is 1. The first-order valence-electron chi connectivity index (χ1n) is 5.87. The fourth-order valence-corrected chi connectivity index (χ4v) is 3.93. The third-order valence-electron chi connectivity index (χ3n) is 2.99. The number of phenolic OH excluding ortho intramolecular Hbond substituents is 1. The fourth-order valence-electron chi connectivity index (χ4n) is 2.09. The van der Waals surface area contributed by atoms with Crippen molar-refractivity contribution < 1.29 is 18.3 Å². The molecule has 0 spiro atoms. The van der Waals surface area contributed by atoms with E-state index in [1.165, 1.54) is 18.2 Å². The molecule has 1 fully saturated rings. The predicted molar refractivity (Wildman–Crippen MR) is 72.3 cm³/mol. The molecule has 1 aliphatic heterocycles. The molecule has 5 nitrogen and oxygen atoms in total. The van der Waals surface area contributed by atoms with Crippen molar-refractivity contribution in [1.82, 2.24) is 5.32 Å². The number of phenols is 1. The van der Waals surface area contributed by atoms with Gasteiger partial charge in [-0.25, -0.2) is 8.42 Å². The first-order chi connectivity index (χ1) is 8.87. The number of hydrogen-bond acceptors (Lipinski definition) is 4. The summed E-state index contributed by atoms with van der Waals surface area (Å²) in [5, 5.41) is 12.2. The largest absolute Gasteiger partial charge is 0.508 e. The molecule has 0 bridgehead atoms. The Bertz CT molecular complexity index is 600. The number of carbonyl (C=O) groups excluding carboxylic acids is 1. The van der Waals surface area contributed by atoms with E-state index in [2.05, 4.69) is 5.32 Å². The summed E-state index contributed by atoms with van der Waals surface area (Å²) in [6, 6.07) is 3.66. The molecule has 1 aliphatic rings. The number of aromatic hydroxyl groups is 1. The molecule has 1 amide bonds. The maximum Gasteiger partial charge on any atom is 0.253 e. The molecule has 1 heterocycles. The normalized spacial score (nSPS) is 21.8. The van der Waals surface area contributed by atoms with Gasteiger partial charge in [0.2, 0.25) is 0 Å². The van der Waals surface area contributed by atoms with Gasteiger partial charge >= 0.3 is 0 Å². The van der Waals surface area contributed by atoms with Crippen molar-refractivity contribution in [2.75, 3.05) is 11.5 Å². The minimum atomic E-state index is -3.08. The lowest BCUT2D eigenvalue weighted by Crippen LogP contribution is -2.43. The Balaban J connectivity index is 2.11. The molecule has 7 heteroatoms. The van der Waals surface area contributed by atoms with Crippen LogP contribution in [-0.4, -0.2) is 37.0 Å². The molecule has 0 saturated carbocycles. The summed E-state index contributed by atoms with van der Waals surface area (Å²) < 4.78 is 23.0. The second-order valence-corrected chi connectivity index (χ2v) is 7.23. The van der Waals surface area contributed by atoms with Crippen LogP contribution in [0.15, 0.2) is 18.2 Å². The molecule has 2 rings (SSSR count). The van der Waals surface area contributed by atoms with Crippen LogP contribution in [0.3, 0.4) is 0 Å². The smallest absolute Gasteiger partial charge is 0.253 e. The lowest BCUT2D eigenvalue weighted by molar-refractivity contribution is 0.0938. The Kier molecular flexibility index (Phi) is 4.01. The minimum Gasteiger partial charge on any atom is -0.508 e. The number of carbonyl (C=O) groups is 1. The molecule has 19 heavy (non-hydrogen) atoms. The Morgan fingerprint density at radius 3 is 2.84 bits per heavy atom. The van der Waals surface area contributed by atoms with Gasteiger partial charge in [-0.2, -0.15) is 0 Å². The van der Waals surface area contributed by atoms with E-state index in [1.54, 1.807) is 0 Å². The number of benzene rings is 1. The Morgan fingerprint density at radius 2 is 2.16 bits per heavy atom. The molecule has 1 aromatic carbocycles. The summed E-state index contributed by atoms with van der Waals surface area (Å²) in [5.74, 6) is -0.407. The number of sulfone groups is 1. The zero-order chi connectivity index (χ0) is 14.0. The molecule has 0 aromatic heterocycles. The molecule has 1 aromatic rings. The molecule has 0 radical (unpaired) electrons. The monoisotopic (exact) mass is 303 g/mol. The van der Waals surface area contributed by atoms with Crippen LogP contribution in [0.25, 0.3) is 0 Å². The summed E-state index contributed by atoms with van der Waals surface area (Å²) in [5.41, 5.74) is 0.143. The van der Waals surface area contributed by atoms with Crippen LogP contribution in [0.4, 0.5) is 0 Å². The van der Waals surface area contributed by atoms with E-state index < -0.39 is 21.8 Å². The van der Waals surface area contributed by atoms with E-state index in [4.69, 9.17) is 11.6 Å². The van der Waals surface area contributed by atoms with Gasteiger partial charge in [-0.15, -0.1) is 0 Å². The molecule has 1 atom stereocenters. The van der Waals surface area contributed by atoms with Gasteiger partial charge in [-0.3, -0.25) is 4.79 Å².